The van der Waals surface area contributed by atoms with Gasteiger partial charge in [-0.3, -0.25) is 4.99 Å². The number of rotatable bonds is 4. The number of nitrogens with zero attached hydrogens (tertiary/aromatic N) is 1. The summed E-state index contributed by atoms with van der Waals surface area (Å²) in [6, 6.07) is 14.0. The minimum atomic E-state index is 0.626. The molecule has 0 aliphatic rings. The molecule has 0 amide bonds. The van der Waals surface area contributed by atoms with E-state index in [4.69, 9.17) is 4.42 Å². The third kappa shape index (κ3) is 3.66. The van der Waals surface area contributed by atoms with Gasteiger partial charge in [0.05, 0.1) is 12.8 Å². The SMILES string of the molecule is CN=C(NCc1ccccc1)NCc1ccco1. The topological polar surface area (TPSA) is 49.6 Å². The van der Waals surface area contributed by atoms with Crippen molar-refractivity contribution in [3.63, 3.8) is 0 Å². The summed E-state index contributed by atoms with van der Waals surface area (Å²) in [4.78, 5) is 4.16. The molecule has 1 aromatic carbocycles. The van der Waals surface area contributed by atoms with E-state index in [0.717, 1.165) is 18.3 Å². The van der Waals surface area contributed by atoms with Gasteiger partial charge in [-0.05, 0) is 17.7 Å². The monoisotopic (exact) mass is 243 g/mol. The summed E-state index contributed by atoms with van der Waals surface area (Å²) in [6.07, 6.45) is 1.66. The summed E-state index contributed by atoms with van der Waals surface area (Å²) in [5.74, 6) is 1.65. The Morgan fingerprint density at radius 1 is 1.06 bits per heavy atom. The van der Waals surface area contributed by atoms with E-state index in [1.165, 1.54) is 5.56 Å². The van der Waals surface area contributed by atoms with Crippen LogP contribution in [0.25, 0.3) is 0 Å². The quantitative estimate of drug-likeness (QED) is 0.639. The summed E-state index contributed by atoms with van der Waals surface area (Å²) >= 11 is 0. The molecule has 0 radical (unpaired) electrons. The molecular formula is C14H17N3O. The highest BCUT2D eigenvalue weighted by Gasteiger charge is 1.99. The van der Waals surface area contributed by atoms with Crippen LogP contribution in [0.15, 0.2) is 58.1 Å². The van der Waals surface area contributed by atoms with Crippen LogP contribution >= 0.6 is 0 Å². The molecule has 0 unspecified atom stereocenters. The number of benzene rings is 1. The van der Waals surface area contributed by atoms with Crippen LogP contribution in [0.5, 0.6) is 0 Å². The Morgan fingerprint density at radius 3 is 2.50 bits per heavy atom. The van der Waals surface area contributed by atoms with Gasteiger partial charge in [-0.1, -0.05) is 30.3 Å². The first-order chi connectivity index (χ1) is 8.88. The van der Waals surface area contributed by atoms with Crippen molar-refractivity contribution in [1.82, 2.24) is 10.6 Å². The van der Waals surface area contributed by atoms with Crippen molar-refractivity contribution in [1.29, 1.82) is 0 Å². The molecule has 4 heteroatoms. The molecule has 0 spiro atoms. The minimum absolute atomic E-state index is 0.626. The summed E-state index contributed by atoms with van der Waals surface area (Å²) in [7, 11) is 1.75. The van der Waals surface area contributed by atoms with Crippen LogP contribution < -0.4 is 10.6 Å². The third-order valence-corrected chi connectivity index (χ3v) is 2.54. The lowest BCUT2D eigenvalue weighted by Crippen LogP contribution is -2.36. The Kier molecular flexibility index (Phi) is 4.41. The Labute approximate surface area is 107 Å². The Morgan fingerprint density at radius 2 is 1.83 bits per heavy atom. The largest absolute Gasteiger partial charge is 0.467 e. The van der Waals surface area contributed by atoms with E-state index in [0.29, 0.717) is 6.54 Å². The maximum absolute atomic E-state index is 5.25. The summed E-state index contributed by atoms with van der Waals surface area (Å²) in [5, 5.41) is 6.43. The van der Waals surface area contributed by atoms with Crippen molar-refractivity contribution >= 4 is 5.96 Å². The van der Waals surface area contributed by atoms with Crippen molar-refractivity contribution in [3.8, 4) is 0 Å². The lowest BCUT2D eigenvalue weighted by atomic mass is 10.2. The molecule has 2 rings (SSSR count). The van der Waals surface area contributed by atoms with Crippen LogP contribution in [0.2, 0.25) is 0 Å². The highest BCUT2D eigenvalue weighted by Crippen LogP contribution is 1.99. The molecule has 94 valence electrons. The number of guanidine groups is 1. The lowest BCUT2D eigenvalue weighted by molar-refractivity contribution is 0.501. The van der Waals surface area contributed by atoms with Crippen molar-refractivity contribution in [3.05, 3.63) is 60.1 Å². The zero-order chi connectivity index (χ0) is 12.6. The Balaban J connectivity index is 1.79. The summed E-state index contributed by atoms with van der Waals surface area (Å²) in [5.41, 5.74) is 1.22. The first-order valence-electron chi connectivity index (χ1n) is 5.89. The molecular weight excluding hydrogens is 226 g/mol. The summed E-state index contributed by atoms with van der Waals surface area (Å²) in [6.45, 7) is 1.38. The van der Waals surface area contributed by atoms with Gasteiger partial charge in [0.15, 0.2) is 5.96 Å². The number of aliphatic imine (C=N–C) groups is 1. The van der Waals surface area contributed by atoms with Gasteiger partial charge in [-0.25, -0.2) is 0 Å². The van der Waals surface area contributed by atoms with Crippen LogP contribution in [0, 0.1) is 0 Å². The fourth-order valence-corrected chi connectivity index (χ4v) is 1.59. The van der Waals surface area contributed by atoms with Crippen LogP contribution in [0.4, 0.5) is 0 Å². The average Bonchev–Trinajstić information content (AvgIpc) is 2.93. The van der Waals surface area contributed by atoms with Gasteiger partial charge < -0.3 is 15.1 Å². The molecule has 0 saturated carbocycles. The van der Waals surface area contributed by atoms with Gasteiger partial charge in [0.2, 0.25) is 0 Å². The Bertz CT molecular complexity index is 477. The minimum Gasteiger partial charge on any atom is -0.467 e. The van der Waals surface area contributed by atoms with Gasteiger partial charge in [-0.15, -0.1) is 0 Å². The second kappa shape index (κ2) is 6.49. The van der Waals surface area contributed by atoms with Gasteiger partial charge in [0, 0.05) is 13.6 Å². The van der Waals surface area contributed by atoms with E-state index >= 15 is 0 Å². The first kappa shape index (κ1) is 12.2. The number of hydrogen-bond acceptors (Lipinski definition) is 2. The summed E-state index contributed by atoms with van der Waals surface area (Å²) < 4.78 is 5.25. The smallest absolute Gasteiger partial charge is 0.191 e. The zero-order valence-electron chi connectivity index (χ0n) is 10.4. The number of hydrogen-bond donors (Lipinski definition) is 2. The van der Waals surface area contributed by atoms with Crippen LogP contribution in [-0.4, -0.2) is 13.0 Å². The number of furan rings is 1. The molecule has 4 nitrogen and oxygen atoms in total. The molecule has 1 heterocycles. The van der Waals surface area contributed by atoms with Crippen molar-refractivity contribution in [2.45, 2.75) is 13.1 Å². The van der Waals surface area contributed by atoms with E-state index in [-0.39, 0.29) is 0 Å². The van der Waals surface area contributed by atoms with Crippen molar-refractivity contribution in [2.24, 2.45) is 4.99 Å². The third-order valence-electron chi connectivity index (χ3n) is 2.54. The van der Waals surface area contributed by atoms with Crippen LogP contribution in [0.1, 0.15) is 11.3 Å². The molecule has 1 aromatic heterocycles. The normalized spacial score (nSPS) is 11.3. The molecule has 0 bridgehead atoms. The first-order valence-corrected chi connectivity index (χ1v) is 5.89. The molecule has 0 aliphatic carbocycles. The van der Waals surface area contributed by atoms with Crippen LogP contribution in [0.3, 0.4) is 0 Å². The standard InChI is InChI=1S/C14H17N3O/c1-15-14(17-11-13-8-5-9-18-13)16-10-12-6-3-2-4-7-12/h2-9H,10-11H2,1H3,(H2,15,16,17). The fourth-order valence-electron chi connectivity index (χ4n) is 1.59. The fraction of sp³-hybridized carbons (Fsp3) is 0.214. The van der Waals surface area contributed by atoms with E-state index in [9.17, 15) is 0 Å². The lowest BCUT2D eigenvalue weighted by Gasteiger charge is -2.10. The predicted molar refractivity (Wildman–Crippen MR) is 72.2 cm³/mol. The molecule has 0 saturated heterocycles. The zero-order valence-corrected chi connectivity index (χ0v) is 10.4. The van der Waals surface area contributed by atoms with E-state index in [1.807, 2.05) is 30.3 Å². The molecule has 2 aromatic rings. The second-order valence-corrected chi connectivity index (χ2v) is 3.84. The number of nitrogens with one attached hydrogen (secondary N) is 2. The molecule has 18 heavy (non-hydrogen) atoms. The highest BCUT2D eigenvalue weighted by atomic mass is 16.3. The highest BCUT2D eigenvalue weighted by molar-refractivity contribution is 5.79. The van der Waals surface area contributed by atoms with E-state index < -0.39 is 0 Å². The van der Waals surface area contributed by atoms with Crippen molar-refractivity contribution in [2.75, 3.05) is 7.05 Å². The predicted octanol–water partition coefficient (Wildman–Crippen LogP) is 2.14. The van der Waals surface area contributed by atoms with Gasteiger partial charge >= 0.3 is 0 Å². The average molecular weight is 243 g/mol. The second-order valence-electron chi connectivity index (χ2n) is 3.84. The maximum Gasteiger partial charge on any atom is 0.191 e. The van der Waals surface area contributed by atoms with Crippen LogP contribution in [-0.2, 0) is 13.1 Å². The molecule has 0 atom stereocenters. The Hall–Kier alpha value is -2.23. The van der Waals surface area contributed by atoms with Crippen molar-refractivity contribution < 1.29 is 4.42 Å². The van der Waals surface area contributed by atoms with Gasteiger partial charge in [0.1, 0.15) is 5.76 Å². The van der Waals surface area contributed by atoms with E-state index in [2.05, 4.69) is 27.8 Å². The van der Waals surface area contributed by atoms with E-state index in [1.54, 1.807) is 13.3 Å². The van der Waals surface area contributed by atoms with Gasteiger partial charge in [-0.2, -0.15) is 0 Å². The molecule has 0 fully saturated rings. The molecule has 2 N–H and O–H groups in total. The maximum atomic E-state index is 5.25. The van der Waals surface area contributed by atoms with Gasteiger partial charge in [0.25, 0.3) is 0 Å². The molecule has 0 aliphatic heterocycles.